The Morgan fingerprint density at radius 3 is 2.90 bits per heavy atom. The lowest BCUT2D eigenvalue weighted by Crippen LogP contribution is -2.35. The van der Waals surface area contributed by atoms with E-state index in [-0.39, 0.29) is 5.91 Å². The van der Waals surface area contributed by atoms with Crippen LogP contribution in [0.2, 0.25) is 5.02 Å². The fourth-order valence-corrected chi connectivity index (χ4v) is 2.65. The molecule has 0 bridgehead atoms. The van der Waals surface area contributed by atoms with Crippen LogP contribution in [0, 0.1) is 5.92 Å². The minimum absolute atomic E-state index is 0.205. The number of rotatable bonds is 6. The van der Waals surface area contributed by atoms with Gasteiger partial charge >= 0.3 is 0 Å². The molecule has 2 rings (SSSR count). The van der Waals surface area contributed by atoms with Crippen molar-refractivity contribution in [1.82, 2.24) is 10.2 Å². The summed E-state index contributed by atoms with van der Waals surface area (Å²) in [5.74, 6) is 1.47. The molecule has 1 heterocycles. The van der Waals surface area contributed by atoms with Gasteiger partial charge in [0.25, 0.3) is 0 Å². The van der Waals surface area contributed by atoms with Crippen LogP contribution in [0.15, 0.2) is 24.3 Å². The summed E-state index contributed by atoms with van der Waals surface area (Å²) in [5.41, 5.74) is 0. The van der Waals surface area contributed by atoms with Gasteiger partial charge in [-0.1, -0.05) is 17.7 Å². The number of hydrogen-bond acceptors (Lipinski definition) is 3. The minimum Gasteiger partial charge on any atom is -0.492 e. The Morgan fingerprint density at radius 1 is 1.43 bits per heavy atom. The van der Waals surface area contributed by atoms with Gasteiger partial charge in [0.1, 0.15) is 12.4 Å². The number of ether oxygens (including phenoxy) is 1. The highest BCUT2D eigenvalue weighted by molar-refractivity contribution is 6.30. The van der Waals surface area contributed by atoms with Gasteiger partial charge in [-0.15, -0.1) is 0 Å². The van der Waals surface area contributed by atoms with Crippen molar-refractivity contribution in [3.8, 4) is 5.75 Å². The Morgan fingerprint density at radius 2 is 2.19 bits per heavy atom. The summed E-state index contributed by atoms with van der Waals surface area (Å²) < 4.78 is 5.61. The van der Waals surface area contributed by atoms with Crippen LogP contribution in [-0.4, -0.2) is 44.1 Å². The second kappa shape index (κ2) is 8.25. The molecule has 1 aromatic rings. The Kier molecular flexibility index (Phi) is 6.33. The number of nitrogens with zero attached hydrogens (tertiary/aromatic N) is 1. The van der Waals surface area contributed by atoms with Gasteiger partial charge in [0.05, 0.1) is 6.54 Å². The van der Waals surface area contributed by atoms with Crippen LogP contribution in [0.5, 0.6) is 5.75 Å². The lowest BCUT2D eigenvalue weighted by molar-refractivity contribution is -0.131. The zero-order chi connectivity index (χ0) is 15.1. The highest BCUT2D eigenvalue weighted by atomic mass is 35.5. The number of carbonyl (C=O) groups is 1. The first-order valence-corrected chi connectivity index (χ1v) is 7.86. The Labute approximate surface area is 131 Å². The average Bonchev–Trinajstić information content (AvgIpc) is 2.48. The van der Waals surface area contributed by atoms with Crippen molar-refractivity contribution in [2.24, 2.45) is 5.92 Å². The number of likely N-dealkylation sites (N-methyl/N-ethyl adjacent to an activating group) is 1. The summed E-state index contributed by atoms with van der Waals surface area (Å²) in [5, 5.41) is 3.97. The largest absolute Gasteiger partial charge is 0.492 e. The Hall–Kier alpha value is -1.26. The Bertz CT molecular complexity index is 461. The molecule has 0 radical (unpaired) electrons. The molecule has 0 aromatic heterocycles. The smallest absolute Gasteiger partial charge is 0.222 e. The minimum atomic E-state index is 0.205. The zero-order valence-corrected chi connectivity index (χ0v) is 13.2. The molecule has 1 amide bonds. The van der Waals surface area contributed by atoms with Crippen molar-refractivity contribution >= 4 is 17.5 Å². The molecular weight excluding hydrogens is 288 g/mol. The normalized spacial score (nSPS) is 15.7. The van der Waals surface area contributed by atoms with Gasteiger partial charge in [-0.05, 0) is 50.0 Å². The fourth-order valence-electron chi connectivity index (χ4n) is 2.47. The molecule has 0 unspecified atom stereocenters. The fraction of sp³-hybridized carbons (Fsp3) is 0.562. The molecule has 0 atom stereocenters. The maximum atomic E-state index is 12.1. The lowest BCUT2D eigenvalue weighted by atomic mass is 9.94. The van der Waals surface area contributed by atoms with Gasteiger partial charge < -0.3 is 15.0 Å². The standard InChI is InChI=1S/C16H23ClN2O2/c1-19(16(20)11-13-5-7-18-8-6-13)9-10-21-15-4-2-3-14(17)12-15/h2-4,12-13,18H,5-11H2,1H3. The number of benzene rings is 1. The van der Waals surface area contributed by atoms with Crippen molar-refractivity contribution in [2.45, 2.75) is 19.3 Å². The monoisotopic (exact) mass is 310 g/mol. The number of piperidine rings is 1. The van der Waals surface area contributed by atoms with Crippen molar-refractivity contribution in [2.75, 3.05) is 33.3 Å². The van der Waals surface area contributed by atoms with Crippen molar-refractivity contribution in [1.29, 1.82) is 0 Å². The van der Waals surface area contributed by atoms with Crippen molar-refractivity contribution < 1.29 is 9.53 Å². The van der Waals surface area contributed by atoms with Gasteiger partial charge in [-0.25, -0.2) is 0 Å². The van der Waals surface area contributed by atoms with Gasteiger partial charge in [0.2, 0.25) is 5.91 Å². The first kappa shape index (κ1) is 16.1. The van der Waals surface area contributed by atoms with Crippen LogP contribution in [-0.2, 0) is 4.79 Å². The molecule has 0 saturated carbocycles. The summed E-state index contributed by atoms with van der Waals surface area (Å²) >= 11 is 5.90. The summed E-state index contributed by atoms with van der Waals surface area (Å²) in [6, 6.07) is 7.30. The van der Waals surface area contributed by atoms with E-state index >= 15 is 0 Å². The van der Waals surface area contributed by atoms with Crippen LogP contribution in [0.4, 0.5) is 0 Å². The third-order valence-corrected chi connectivity index (χ3v) is 4.07. The average molecular weight is 311 g/mol. The topological polar surface area (TPSA) is 41.6 Å². The summed E-state index contributed by atoms with van der Waals surface area (Å²) in [6.07, 6.45) is 2.84. The molecule has 1 aliphatic heterocycles. The maximum Gasteiger partial charge on any atom is 0.222 e. The van der Waals surface area contributed by atoms with Crippen LogP contribution in [0.3, 0.4) is 0 Å². The molecule has 5 heteroatoms. The third kappa shape index (κ3) is 5.56. The van der Waals surface area contributed by atoms with Crippen LogP contribution in [0.1, 0.15) is 19.3 Å². The molecule has 1 N–H and O–H groups in total. The van der Waals surface area contributed by atoms with E-state index < -0.39 is 0 Å². The van der Waals surface area contributed by atoms with Crippen molar-refractivity contribution in [3.63, 3.8) is 0 Å². The lowest BCUT2D eigenvalue weighted by Gasteiger charge is -2.25. The number of carbonyl (C=O) groups excluding carboxylic acids is 1. The van der Waals surface area contributed by atoms with Gasteiger partial charge in [-0.3, -0.25) is 4.79 Å². The van der Waals surface area contributed by atoms with Crippen molar-refractivity contribution in [3.05, 3.63) is 29.3 Å². The molecule has 0 aliphatic carbocycles. The molecule has 1 saturated heterocycles. The van der Waals surface area contributed by atoms with Gasteiger partial charge in [-0.2, -0.15) is 0 Å². The molecule has 4 nitrogen and oxygen atoms in total. The molecule has 116 valence electrons. The quantitative estimate of drug-likeness (QED) is 0.878. The van der Waals surface area contributed by atoms with E-state index in [2.05, 4.69) is 5.32 Å². The summed E-state index contributed by atoms with van der Waals surface area (Å²) in [4.78, 5) is 13.9. The van der Waals surface area contributed by atoms with E-state index in [1.807, 2.05) is 25.2 Å². The van der Waals surface area contributed by atoms with Crippen LogP contribution >= 0.6 is 11.6 Å². The number of halogens is 1. The van der Waals surface area contributed by atoms with E-state index in [1.54, 1.807) is 11.0 Å². The van der Waals surface area contributed by atoms with E-state index in [0.717, 1.165) is 31.7 Å². The molecule has 1 aromatic carbocycles. The SMILES string of the molecule is CN(CCOc1cccc(Cl)c1)C(=O)CC1CCNCC1. The zero-order valence-electron chi connectivity index (χ0n) is 12.5. The van der Waals surface area contributed by atoms with E-state index in [1.165, 1.54) is 0 Å². The highest BCUT2D eigenvalue weighted by Gasteiger charge is 2.18. The molecule has 1 fully saturated rings. The molecular formula is C16H23ClN2O2. The van der Waals surface area contributed by atoms with E-state index in [0.29, 0.717) is 30.5 Å². The predicted octanol–water partition coefficient (Wildman–Crippen LogP) is 2.57. The number of amides is 1. The molecule has 0 spiro atoms. The van der Waals surface area contributed by atoms with E-state index in [4.69, 9.17) is 16.3 Å². The number of nitrogens with one attached hydrogen (secondary N) is 1. The molecule has 1 aliphatic rings. The first-order valence-electron chi connectivity index (χ1n) is 7.48. The first-order chi connectivity index (χ1) is 10.1. The summed E-state index contributed by atoms with van der Waals surface area (Å²) in [6.45, 7) is 3.13. The third-order valence-electron chi connectivity index (χ3n) is 3.84. The van der Waals surface area contributed by atoms with Gasteiger partial charge in [0.15, 0.2) is 0 Å². The van der Waals surface area contributed by atoms with Crippen LogP contribution < -0.4 is 10.1 Å². The Balaban J connectivity index is 1.68. The molecule has 21 heavy (non-hydrogen) atoms. The maximum absolute atomic E-state index is 12.1. The highest BCUT2D eigenvalue weighted by Crippen LogP contribution is 2.18. The van der Waals surface area contributed by atoms with E-state index in [9.17, 15) is 4.79 Å². The van der Waals surface area contributed by atoms with Crippen LogP contribution in [0.25, 0.3) is 0 Å². The predicted molar refractivity (Wildman–Crippen MR) is 84.8 cm³/mol. The second-order valence-corrected chi connectivity index (χ2v) is 5.96. The van der Waals surface area contributed by atoms with Gasteiger partial charge in [0, 0.05) is 18.5 Å². The summed E-state index contributed by atoms with van der Waals surface area (Å²) in [7, 11) is 1.84. The number of hydrogen-bond donors (Lipinski definition) is 1. The second-order valence-electron chi connectivity index (χ2n) is 5.52.